The van der Waals surface area contributed by atoms with Crippen molar-refractivity contribution in [3.05, 3.63) is 70.8 Å². The molecule has 10 heteroatoms. The van der Waals surface area contributed by atoms with E-state index in [0.717, 1.165) is 16.7 Å². The van der Waals surface area contributed by atoms with Gasteiger partial charge in [0.05, 0.1) is 6.61 Å². The summed E-state index contributed by atoms with van der Waals surface area (Å²) in [5.74, 6) is -1.85. The van der Waals surface area contributed by atoms with E-state index >= 15 is 0 Å². The van der Waals surface area contributed by atoms with Crippen molar-refractivity contribution in [2.45, 2.75) is 111 Å². The normalized spacial score (nSPS) is 13.6. The molecule has 0 fully saturated rings. The van der Waals surface area contributed by atoms with Crippen LogP contribution in [0.5, 0.6) is 0 Å². The maximum atomic E-state index is 14.5. The molecule has 0 heterocycles. The van der Waals surface area contributed by atoms with Gasteiger partial charge in [-0.05, 0) is 84.1 Å². The number of rotatable bonds is 13. The van der Waals surface area contributed by atoms with Crippen LogP contribution in [0.4, 0.5) is 4.79 Å². The number of carbonyl (C=O) groups is 4. The van der Waals surface area contributed by atoms with Crippen molar-refractivity contribution in [1.82, 2.24) is 15.5 Å². The van der Waals surface area contributed by atoms with Gasteiger partial charge in [0.1, 0.15) is 29.3 Å². The van der Waals surface area contributed by atoms with E-state index in [1.807, 2.05) is 69.3 Å². The minimum atomic E-state index is -1.37. The van der Waals surface area contributed by atoms with Crippen molar-refractivity contribution in [2.75, 3.05) is 13.2 Å². The maximum absolute atomic E-state index is 14.5. The second-order valence-electron chi connectivity index (χ2n) is 13.3. The van der Waals surface area contributed by atoms with Crippen LogP contribution in [0.25, 0.3) is 0 Å². The van der Waals surface area contributed by atoms with Crippen LogP contribution in [0.2, 0.25) is 0 Å². The third-order valence-corrected chi connectivity index (χ3v) is 6.87. The summed E-state index contributed by atoms with van der Waals surface area (Å²) in [6.07, 6.45) is 0.558. The fraction of sp³-hybridized carbons (Fsp3) is 0.543. The summed E-state index contributed by atoms with van der Waals surface area (Å²) in [6, 6.07) is 11.2. The van der Waals surface area contributed by atoms with E-state index in [-0.39, 0.29) is 13.0 Å². The highest BCUT2D eigenvalue weighted by molar-refractivity contribution is 5.94. The second kappa shape index (κ2) is 16.4. The van der Waals surface area contributed by atoms with Crippen molar-refractivity contribution in [3.8, 4) is 0 Å². The lowest BCUT2D eigenvalue weighted by Gasteiger charge is -2.36. The van der Waals surface area contributed by atoms with E-state index in [4.69, 9.17) is 9.47 Å². The van der Waals surface area contributed by atoms with Gasteiger partial charge in [-0.1, -0.05) is 61.9 Å². The summed E-state index contributed by atoms with van der Waals surface area (Å²) in [5.41, 5.74) is 1.32. The second-order valence-corrected chi connectivity index (χ2v) is 13.3. The third-order valence-electron chi connectivity index (χ3n) is 6.87. The molecule has 2 rings (SSSR count). The molecule has 45 heavy (non-hydrogen) atoms. The summed E-state index contributed by atoms with van der Waals surface area (Å²) in [5, 5.41) is 15.6. The molecule has 0 spiro atoms. The summed E-state index contributed by atoms with van der Waals surface area (Å²) in [6.45, 7) is 15.4. The Morgan fingerprint density at radius 3 is 1.91 bits per heavy atom. The molecule has 0 aliphatic heterocycles. The van der Waals surface area contributed by atoms with Gasteiger partial charge in [0.15, 0.2) is 0 Å². The van der Waals surface area contributed by atoms with Gasteiger partial charge in [-0.3, -0.25) is 9.59 Å². The van der Waals surface area contributed by atoms with E-state index in [1.165, 1.54) is 4.90 Å². The molecule has 2 aromatic rings. The Balaban J connectivity index is 2.62. The standard InChI is InChI=1S/C35H51N3O7/c1-10-11-20-38(31(41)27(22-39)37-33(43)45-35(7,8)9)29(28-23(2)16-15-17-24(28)3)30(40)36-26(32(42)44-34(4,5)6)21-25-18-13-12-14-19-25/h12-19,26-27,29,39H,10-11,20-22H2,1-9H3,(H,36,40)(H,37,43). The SMILES string of the molecule is CCCCN(C(=O)C(CO)NC(=O)OC(C)(C)C)C(C(=O)NC(Cc1ccccc1)C(=O)OC(C)(C)C)c1c(C)cccc1C. The number of esters is 1. The average Bonchev–Trinajstić information content (AvgIpc) is 2.93. The Morgan fingerprint density at radius 2 is 1.40 bits per heavy atom. The highest BCUT2D eigenvalue weighted by atomic mass is 16.6. The van der Waals surface area contributed by atoms with Crippen molar-refractivity contribution < 1.29 is 33.8 Å². The first kappa shape index (κ1) is 37.3. The van der Waals surface area contributed by atoms with Crippen LogP contribution in [0.3, 0.4) is 0 Å². The van der Waals surface area contributed by atoms with Gasteiger partial charge in [0, 0.05) is 13.0 Å². The Morgan fingerprint density at radius 1 is 0.822 bits per heavy atom. The van der Waals surface area contributed by atoms with Crippen molar-refractivity contribution in [2.24, 2.45) is 0 Å². The number of hydrogen-bond acceptors (Lipinski definition) is 7. The molecule has 3 unspecified atom stereocenters. The minimum absolute atomic E-state index is 0.156. The van der Waals surface area contributed by atoms with E-state index in [0.29, 0.717) is 18.4 Å². The first-order valence-electron chi connectivity index (χ1n) is 15.5. The number of amides is 3. The molecule has 248 valence electrons. The van der Waals surface area contributed by atoms with E-state index < -0.39 is 59.8 Å². The quantitative estimate of drug-likeness (QED) is 0.269. The summed E-state index contributed by atoms with van der Waals surface area (Å²) >= 11 is 0. The van der Waals surface area contributed by atoms with Crippen LogP contribution < -0.4 is 10.6 Å². The molecule has 3 amide bonds. The highest BCUT2D eigenvalue weighted by Gasteiger charge is 2.39. The first-order chi connectivity index (χ1) is 21.0. The number of nitrogens with one attached hydrogen (secondary N) is 2. The number of aryl methyl sites for hydroxylation is 2. The number of carbonyl (C=O) groups excluding carboxylic acids is 4. The molecular weight excluding hydrogens is 574 g/mol. The molecule has 3 atom stereocenters. The van der Waals surface area contributed by atoms with Gasteiger partial charge in [0.2, 0.25) is 11.8 Å². The zero-order chi connectivity index (χ0) is 33.9. The number of unbranched alkanes of at least 4 members (excludes halogenated alkanes) is 1. The fourth-order valence-electron chi connectivity index (χ4n) is 4.88. The van der Waals surface area contributed by atoms with Gasteiger partial charge < -0.3 is 30.1 Å². The number of aliphatic hydroxyl groups is 1. The lowest BCUT2D eigenvalue weighted by molar-refractivity contribution is -0.159. The van der Waals surface area contributed by atoms with Crippen LogP contribution in [0.1, 0.15) is 89.6 Å². The van der Waals surface area contributed by atoms with Crippen molar-refractivity contribution >= 4 is 23.9 Å². The molecule has 0 radical (unpaired) electrons. The molecular formula is C35H51N3O7. The van der Waals surface area contributed by atoms with Crippen LogP contribution >= 0.6 is 0 Å². The molecule has 0 bridgehead atoms. The Labute approximate surface area is 267 Å². The molecule has 0 saturated heterocycles. The number of alkyl carbamates (subject to hydrolysis) is 1. The number of benzene rings is 2. The third kappa shape index (κ3) is 11.8. The van der Waals surface area contributed by atoms with Gasteiger partial charge in [0.25, 0.3) is 0 Å². The first-order valence-corrected chi connectivity index (χ1v) is 15.5. The topological polar surface area (TPSA) is 134 Å². The van der Waals surface area contributed by atoms with E-state index in [1.54, 1.807) is 41.5 Å². The van der Waals surface area contributed by atoms with E-state index in [2.05, 4.69) is 10.6 Å². The summed E-state index contributed by atoms with van der Waals surface area (Å²) < 4.78 is 11.0. The lowest BCUT2D eigenvalue weighted by atomic mass is 9.93. The minimum Gasteiger partial charge on any atom is -0.458 e. The molecule has 0 saturated carbocycles. The highest BCUT2D eigenvalue weighted by Crippen LogP contribution is 2.29. The van der Waals surface area contributed by atoms with Crippen LogP contribution in [0.15, 0.2) is 48.5 Å². The van der Waals surface area contributed by atoms with Crippen LogP contribution in [0, 0.1) is 13.8 Å². The smallest absolute Gasteiger partial charge is 0.408 e. The van der Waals surface area contributed by atoms with Crippen LogP contribution in [-0.2, 0) is 30.3 Å². The molecule has 3 N–H and O–H groups in total. The Bertz CT molecular complexity index is 1280. The predicted molar refractivity (Wildman–Crippen MR) is 173 cm³/mol. The summed E-state index contributed by atoms with van der Waals surface area (Å²) in [4.78, 5) is 56.0. The number of nitrogens with zero attached hydrogens (tertiary/aromatic N) is 1. The van der Waals surface area contributed by atoms with Gasteiger partial charge in [-0.25, -0.2) is 9.59 Å². The summed E-state index contributed by atoms with van der Waals surface area (Å²) in [7, 11) is 0. The predicted octanol–water partition coefficient (Wildman–Crippen LogP) is 4.93. The monoisotopic (exact) mass is 625 g/mol. The number of hydrogen-bond donors (Lipinski definition) is 3. The zero-order valence-electron chi connectivity index (χ0n) is 28.2. The lowest BCUT2D eigenvalue weighted by Crippen LogP contribution is -2.56. The van der Waals surface area contributed by atoms with Gasteiger partial charge in [-0.15, -0.1) is 0 Å². The molecule has 0 aromatic heterocycles. The number of aliphatic hydroxyl groups excluding tert-OH is 1. The number of ether oxygens (including phenoxy) is 2. The zero-order valence-corrected chi connectivity index (χ0v) is 28.2. The molecule has 0 aliphatic rings. The average molecular weight is 626 g/mol. The maximum Gasteiger partial charge on any atom is 0.408 e. The Hall–Kier alpha value is -3.92. The van der Waals surface area contributed by atoms with Gasteiger partial charge >= 0.3 is 12.1 Å². The fourth-order valence-corrected chi connectivity index (χ4v) is 4.88. The van der Waals surface area contributed by atoms with Crippen LogP contribution in [-0.4, -0.2) is 70.3 Å². The largest absolute Gasteiger partial charge is 0.458 e. The Kier molecular flexibility index (Phi) is 13.6. The van der Waals surface area contributed by atoms with Gasteiger partial charge in [-0.2, -0.15) is 0 Å². The van der Waals surface area contributed by atoms with E-state index in [9.17, 15) is 24.3 Å². The molecule has 2 aromatic carbocycles. The molecule has 10 nitrogen and oxygen atoms in total. The van der Waals surface area contributed by atoms with Crippen molar-refractivity contribution in [3.63, 3.8) is 0 Å². The van der Waals surface area contributed by atoms with Crippen molar-refractivity contribution in [1.29, 1.82) is 0 Å². The molecule has 0 aliphatic carbocycles.